The van der Waals surface area contributed by atoms with E-state index < -0.39 is 0 Å². The molecule has 1 atom stereocenters. The highest BCUT2D eigenvalue weighted by molar-refractivity contribution is 7.18. The van der Waals surface area contributed by atoms with Gasteiger partial charge in [0, 0.05) is 21.5 Å². The maximum atomic E-state index is 12.7. The molecule has 7 heteroatoms. The minimum atomic E-state index is -0.173. The Labute approximate surface area is 158 Å². The molecule has 4 aromatic rings. The maximum Gasteiger partial charge on any atom is 0.260 e. The van der Waals surface area contributed by atoms with E-state index in [0.29, 0.717) is 11.2 Å². The van der Waals surface area contributed by atoms with Gasteiger partial charge in [-0.05, 0) is 36.1 Å². The Morgan fingerprint density at radius 1 is 1.27 bits per heavy atom. The van der Waals surface area contributed by atoms with Crippen LogP contribution in [-0.2, 0) is 6.61 Å². The summed E-state index contributed by atoms with van der Waals surface area (Å²) in [6.45, 7) is 1.94. The van der Waals surface area contributed by atoms with Gasteiger partial charge in [0.25, 0.3) is 5.56 Å². The number of nitrogens with one attached hydrogen (secondary N) is 2. The van der Waals surface area contributed by atoms with E-state index in [9.17, 15) is 9.90 Å². The topological polar surface area (TPSA) is 78.0 Å². The number of aromatic amines is 1. The average Bonchev–Trinajstić information content (AvgIpc) is 3.31. The highest BCUT2D eigenvalue weighted by Crippen LogP contribution is 2.33. The Morgan fingerprint density at radius 3 is 2.92 bits per heavy atom. The van der Waals surface area contributed by atoms with E-state index >= 15 is 0 Å². The second-order valence-electron chi connectivity index (χ2n) is 5.98. The van der Waals surface area contributed by atoms with Crippen LogP contribution in [0.1, 0.15) is 24.4 Å². The molecule has 0 aliphatic carbocycles. The summed E-state index contributed by atoms with van der Waals surface area (Å²) in [7, 11) is 0. The molecule has 0 fully saturated rings. The van der Waals surface area contributed by atoms with Gasteiger partial charge in [-0.25, -0.2) is 4.98 Å². The van der Waals surface area contributed by atoms with Gasteiger partial charge in [0.15, 0.2) is 0 Å². The monoisotopic (exact) mass is 383 g/mol. The number of rotatable bonds is 5. The molecule has 3 N–H and O–H groups in total. The molecule has 0 unspecified atom stereocenters. The molecule has 0 radical (unpaired) electrons. The minimum Gasteiger partial charge on any atom is -0.392 e. The van der Waals surface area contributed by atoms with Gasteiger partial charge in [0.1, 0.15) is 10.7 Å². The van der Waals surface area contributed by atoms with Crippen LogP contribution in [0.5, 0.6) is 0 Å². The smallest absolute Gasteiger partial charge is 0.260 e. The zero-order valence-electron chi connectivity index (χ0n) is 14.0. The van der Waals surface area contributed by atoms with Gasteiger partial charge in [-0.3, -0.25) is 4.79 Å². The molecule has 0 bridgehead atoms. The molecular formula is C19H17N3O2S2. The number of aliphatic hydroxyl groups excluding tert-OH is 1. The summed E-state index contributed by atoms with van der Waals surface area (Å²) < 4.78 is 0. The van der Waals surface area contributed by atoms with Gasteiger partial charge in [-0.15, -0.1) is 22.7 Å². The van der Waals surface area contributed by atoms with Crippen LogP contribution in [0, 0.1) is 0 Å². The number of aliphatic hydroxyl groups is 1. The molecular weight excluding hydrogens is 366 g/mol. The first-order valence-corrected chi connectivity index (χ1v) is 9.93. The highest BCUT2D eigenvalue weighted by atomic mass is 32.1. The van der Waals surface area contributed by atoms with Crippen LogP contribution >= 0.6 is 22.7 Å². The summed E-state index contributed by atoms with van der Waals surface area (Å²) in [6, 6.07) is 11.4. The molecule has 0 amide bonds. The van der Waals surface area contributed by atoms with Crippen molar-refractivity contribution < 1.29 is 5.11 Å². The van der Waals surface area contributed by atoms with Gasteiger partial charge in [-0.2, -0.15) is 0 Å². The van der Waals surface area contributed by atoms with Crippen LogP contribution < -0.4 is 10.9 Å². The Morgan fingerprint density at radius 2 is 2.15 bits per heavy atom. The van der Waals surface area contributed by atoms with Crippen molar-refractivity contribution >= 4 is 38.6 Å². The predicted octanol–water partition coefficient (Wildman–Crippen LogP) is 4.38. The van der Waals surface area contributed by atoms with Crippen molar-refractivity contribution in [2.24, 2.45) is 0 Å². The van der Waals surface area contributed by atoms with Crippen molar-refractivity contribution in [3.05, 3.63) is 68.9 Å². The van der Waals surface area contributed by atoms with Crippen LogP contribution in [-0.4, -0.2) is 15.1 Å². The summed E-state index contributed by atoms with van der Waals surface area (Å²) in [4.78, 5) is 22.1. The Balaban J connectivity index is 1.68. The number of nitrogens with zero attached hydrogens (tertiary/aromatic N) is 1. The van der Waals surface area contributed by atoms with E-state index in [0.717, 1.165) is 26.5 Å². The molecule has 0 saturated carbocycles. The fraction of sp³-hybridized carbons (Fsp3) is 0.158. The van der Waals surface area contributed by atoms with Crippen molar-refractivity contribution in [1.29, 1.82) is 0 Å². The number of benzene rings is 1. The van der Waals surface area contributed by atoms with Gasteiger partial charge >= 0.3 is 0 Å². The lowest BCUT2D eigenvalue weighted by Gasteiger charge is -2.15. The lowest BCUT2D eigenvalue weighted by molar-refractivity contribution is 0.282. The predicted molar refractivity (Wildman–Crippen MR) is 108 cm³/mol. The average molecular weight is 383 g/mol. The Kier molecular flexibility index (Phi) is 4.58. The van der Waals surface area contributed by atoms with Crippen LogP contribution in [0.4, 0.5) is 5.69 Å². The number of H-pyrrole nitrogens is 1. The van der Waals surface area contributed by atoms with Gasteiger partial charge in [-0.1, -0.05) is 18.2 Å². The van der Waals surface area contributed by atoms with Gasteiger partial charge in [0.2, 0.25) is 0 Å². The van der Waals surface area contributed by atoms with Crippen LogP contribution in [0.3, 0.4) is 0 Å². The Hall–Kier alpha value is -2.48. The van der Waals surface area contributed by atoms with E-state index in [1.807, 2.05) is 54.1 Å². The molecule has 26 heavy (non-hydrogen) atoms. The quantitative estimate of drug-likeness (QED) is 0.478. The first kappa shape index (κ1) is 17.0. The summed E-state index contributed by atoms with van der Waals surface area (Å²) in [5, 5.41) is 17.2. The third-order valence-corrected chi connectivity index (χ3v) is 5.93. The molecule has 1 aromatic carbocycles. The highest BCUT2D eigenvalue weighted by Gasteiger charge is 2.16. The second kappa shape index (κ2) is 7.03. The SMILES string of the molecule is C[C@H](Nc1cccc(CO)c1)c1nc2scc(-c3cccs3)c2c(=O)[nH]1. The number of fused-ring (bicyclic) bond motifs is 1. The molecule has 3 aromatic heterocycles. The first-order chi connectivity index (χ1) is 12.7. The van der Waals surface area contributed by atoms with Crippen molar-refractivity contribution in [3.63, 3.8) is 0 Å². The number of hydrogen-bond donors (Lipinski definition) is 3. The molecule has 0 spiro atoms. The van der Waals surface area contributed by atoms with Crippen molar-refractivity contribution in [3.8, 4) is 10.4 Å². The van der Waals surface area contributed by atoms with E-state index in [4.69, 9.17) is 0 Å². The normalized spacial score (nSPS) is 12.4. The molecule has 132 valence electrons. The lowest BCUT2D eigenvalue weighted by Crippen LogP contribution is -2.17. The Bertz CT molecular complexity index is 1100. The molecule has 0 aliphatic heterocycles. The zero-order chi connectivity index (χ0) is 18.1. The maximum absolute atomic E-state index is 12.7. The van der Waals surface area contributed by atoms with E-state index in [2.05, 4.69) is 15.3 Å². The second-order valence-corrected chi connectivity index (χ2v) is 7.79. The fourth-order valence-corrected chi connectivity index (χ4v) is 4.63. The fourth-order valence-electron chi connectivity index (χ4n) is 2.86. The van der Waals surface area contributed by atoms with Crippen LogP contribution in [0.25, 0.3) is 20.7 Å². The molecule has 0 saturated heterocycles. The standard InChI is InChI=1S/C19H17N3O2S2/c1-11(20-13-5-2-4-12(8-13)9-23)17-21-18(24)16-14(10-26-19(16)22-17)15-6-3-7-25-15/h2-8,10-11,20,23H,9H2,1H3,(H,21,22,24)/t11-/m0/s1. The van der Waals surface area contributed by atoms with E-state index in [1.165, 1.54) is 11.3 Å². The summed E-state index contributed by atoms with van der Waals surface area (Å²) >= 11 is 3.10. The number of anilines is 1. The molecule has 0 aliphatic rings. The first-order valence-electron chi connectivity index (χ1n) is 8.17. The third-order valence-electron chi connectivity index (χ3n) is 4.15. The number of hydrogen-bond acceptors (Lipinski definition) is 6. The van der Waals surface area contributed by atoms with Crippen LogP contribution in [0.2, 0.25) is 0 Å². The third kappa shape index (κ3) is 3.16. The van der Waals surface area contributed by atoms with E-state index in [1.54, 1.807) is 11.3 Å². The molecule has 4 rings (SSSR count). The summed E-state index contributed by atoms with van der Waals surface area (Å²) in [5.41, 5.74) is 2.53. The van der Waals surface area contributed by atoms with E-state index in [-0.39, 0.29) is 18.2 Å². The largest absolute Gasteiger partial charge is 0.392 e. The molecule has 3 heterocycles. The zero-order valence-corrected chi connectivity index (χ0v) is 15.7. The summed E-state index contributed by atoms with van der Waals surface area (Å²) in [6.07, 6.45) is 0. The number of aromatic nitrogens is 2. The van der Waals surface area contributed by atoms with Gasteiger partial charge < -0.3 is 15.4 Å². The molecule has 5 nitrogen and oxygen atoms in total. The van der Waals surface area contributed by atoms with Gasteiger partial charge in [0.05, 0.1) is 18.0 Å². The summed E-state index contributed by atoms with van der Waals surface area (Å²) in [5.74, 6) is 0.594. The van der Waals surface area contributed by atoms with Crippen molar-refractivity contribution in [2.45, 2.75) is 19.6 Å². The van der Waals surface area contributed by atoms with Crippen molar-refractivity contribution in [1.82, 2.24) is 9.97 Å². The van der Waals surface area contributed by atoms with Crippen molar-refractivity contribution in [2.75, 3.05) is 5.32 Å². The minimum absolute atomic E-state index is 0.00830. The lowest BCUT2D eigenvalue weighted by atomic mass is 10.2. The van der Waals surface area contributed by atoms with Crippen LogP contribution in [0.15, 0.2) is 52.0 Å². The number of thiophene rings is 2.